The lowest BCUT2D eigenvalue weighted by Gasteiger charge is -2.14. The van der Waals surface area contributed by atoms with Crippen LogP contribution < -0.4 is 5.32 Å². The van der Waals surface area contributed by atoms with E-state index in [1.807, 2.05) is 20.8 Å². The van der Waals surface area contributed by atoms with Gasteiger partial charge in [-0.25, -0.2) is 0 Å². The van der Waals surface area contributed by atoms with E-state index >= 15 is 0 Å². The summed E-state index contributed by atoms with van der Waals surface area (Å²) in [6.07, 6.45) is -4.38. The van der Waals surface area contributed by atoms with Gasteiger partial charge in [0, 0.05) is 28.7 Å². The molecule has 126 valence electrons. The van der Waals surface area contributed by atoms with Crippen molar-refractivity contribution < 1.29 is 13.2 Å². The van der Waals surface area contributed by atoms with Crippen LogP contribution in [0.5, 0.6) is 0 Å². The Morgan fingerprint density at radius 1 is 1.00 bits per heavy atom. The third-order valence-corrected chi connectivity index (χ3v) is 4.04. The molecule has 2 N–H and O–H groups in total. The predicted molar refractivity (Wildman–Crippen MR) is 86.9 cm³/mol. The largest absolute Gasteiger partial charge is 0.416 e. The number of aromatic nitrogens is 3. The van der Waals surface area contributed by atoms with Gasteiger partial charge in [0.25, 0.3) is 0 Å². The van der Waals surface area contributed by atoms with Crippen LogP contribution >= 0.6 is 0 Å². The van der Waals surface area contributed by atoms with E-state index in [9.17, 15) is 13.2 Å². The number of halogens is 3. The second kappa shape index (κ2) is 5.81. The molecule has 0 saturated carbocycles. The van der Waals surface area contributed by atoms with Crippen molar-refractivity contribution in [2.45, 2.75) is 33.5 Å². The van der Waals surface area contributed by atoms with Gasteiger partial charge in [-0.05, 0) is 32.4 Å². The van der Waals surface area contributed by atoms with E-state index in [2.05, 4.69) is 20.5 Å². The molecule has 0 amide bonds. The fraction of sp³-hybridized carbons (Fsp3) is 0.294. The Morgan fingerprint density at radius 3 is 2.38 bits per heavy atom. The summed E-state index contributed by atoms with van der Waals surface area (Å²) in [5.41, 5.74) is 2.19. The Kier molecular flexibility index (Phi) is 3.95. The number of nitrogens with one attached hydrogen (secondary N) is 2. The van der Waals surface area contributed by atoms with Crippen LogP contribution in [0.1, 0.15) is 28.2 Å². The molecule has 24 heavy (non-hydrogen) atoms. The van der Waals surface area contributed by atoms with Gasteiger partial charge in [-0.2, -0.15) is 18.3 Å². The molecule has 7 heteroatoms. The average Bonchev–Trinajstić information content (AvgIpc) is 2.82. The number of alkyl halides is 3. The van der Waals surface area contributed by atoms with E-state index < -0.39 is 11.7 Å². The SMILES string of the molecule is Cc1nnc(NCc2ccccc2C(F)(F)F)c2c(C)[nH]c(C)c12. The van der Waals surface area contributed by atoms with Gasteiger partial charge in [-0.3, -0.25) is 0 Å². The highest BCUT2D eigenvalue weighted by atomic mass is 19.4. The summed E-state index contributed by atoms with van der Waals surface area (Å²) in [5.74, 6) is 0.481. The van der Waals surface area contributed by atoms with Crippen molar-refractivity contribution in [3.05, 3.63) is 52.5 Å². The smallest absolute Gasteiger partial charge is 0.364 e. The van der Waals surface area contributed by atoms with Crippen LogP contribution in [0.4, 0.5) is 19.0 Å². The van der Waals surface area contributed by atoms with Crippen molar-refractivity contribution in [1.29, 1.82) is 0 Å². The third-order valence-electron chi connectivity index (χ3n) is 4.04. The molecule has 0 unspecified atom stereocenters. The molecule has 0 spiro atoms. The number of fused-ring (bicyclic) bond motifs is 1. The summed E-state index contributed by atoms with van der Waals surface area (Å²) in [4.78, 5) is 3.23. The summed E-state index contributed by atoms with van der Waals surface area (Å²) < 4.78 is 39.3. The summed E-state index contributed by atoms with van der Waals surface area (Å²) in [6, 6.07) is 5.52. The highest BCUT2D eigenvalue weighted by molar-refractivity contribution is 5.97. The minimum absolute atomic E-state index is 0.0200. The van der Waals surface area contributed by atoms with Gasteiger partial charge in [0.2, 0.25) is 0 Å². The maximum atomic E-state index is 13.1. The van der Waals surface area contributed by atoms with E-state index in [1.165, 1.54) is 12.1 Å². The highest BCUT2D eigenvalue weighted by Gasteiger charge is 2.32. The fourth-order valence-electron chi connectivity index (χ4n) is 3.01. The van der Waals surface area contributed by atoms with E-state index in [0.717, 1.165) is 33.9 Å². The molecule has 0 bridgehead atoms. The van der Waals surface area contributed by atoms with Crippen LogP contribution in [-0.4, -0.2) is 15.2 Å². The van der Waals surface area contributed by atoms with Crippen molar-refractivity contribution in [1.82, 2.24) is 15.2 Å². The molecule has 0 fully saturated rings. The molecule has 4 nitrogen and oxygen atoms in total. The number of hydrogen-bond acceptors (Lipinski definition) is 3. The van der Waals surface area contributed by atoms with Crippen molar-refractivity contribution in [3.63, 3.8) is 0 Å². The standard InChI is InChI=1S/C17H17F3N4/c1-9-14-11(3)23-24-16(15(14)10(2)22-9)21-8-12-6-4-5-7-13(12)17(18,19)20/h4-7,22H,8H2,1-3H3,(H,21,24). The van der Waals surface area contributed by atoms with Gasteiger partial charge in [0.05, 0.1) is 11.3 Å². The summed E-state index contributed by atoms with van der Waals surface area (Å²) in [7, 11) is 0. The van der Waals surface area contributed by atoms with Gasteiger partial charge >= 0.3 is 6.18 Å². The van der Waals surface area contributed by atoms with Crippen LogP contribution in [0.15, 0.2) is 24.3 Å². The number of benzene rings is 1. The van der Waals surface area contributed by atoms with Crippen LogP contribution in [-0.2, 0) is 12.7 Å². The number of anilines is 1. The second-order valence-electron chi connectivity index (χ2n) is 5.77. The average molecular weight is 334 g/mol. The molecule has 1 aromatic carbocycles. The molecule has 0 aliphatic heterocycles. The monoisotopic (exact) mass is 334 g/mol. The number of H-pyrrole nitrogens is 1. The molecule has 0 atom stereocenters. The molecular weight excluding hydrogens is 317 g/mol. The Bertz CT molecular complexity index is 897. The minimum Gasteiger partial charge on any atom is -0.364 e. The van der Waals surface area contributed by atoms with Crippen LogP contribution in [0.3, 0.4) is 0 Å². The number of nitrogens with zero attached hydrogens (tertiary/aromatic N) is 2. The number of rotatable bonds is 3. The fourth-order valence-corrected chi connectivity index (χ4v) is 3.01. The quantitative estimate of drug-likeness (QED) is 0.741. The Labute approximate surface area is 137 Å². The predicted octanol–water partition coefficient (Wildman–Crippen LogP) is 4.51. The van der Waals surface area contributed by atoms with E-state index in [1.54, 1.807) is 6.07 Å². The minimum atomic E-state index is -4.38. The first-order valence-electron chi connectivity index (χ1n) is 7.50. The van der Waals surface area contributed by atoms with E-state index in [0.29, 0.717) is 5.82 Å². The first-order chi connectivity index (χ1) is 11.3. The van der Waals surface area contributed by atoms with Gasteiger partial charge in [0.15, 0.2) is 5.82 Å². The number of aryl methyl sites for hydroxylation is 3. The zero-order valence-corrected chi connectivity index (χ0v) is 13.5. The second-order valence-corrected chi connectivity index (χ2v) is 5.77. The molecule has 0 radical (unpaired) electrons. The van der Waals surface area contributed by atoms with Crippen LogP contribution in [0, 0.1) is 20.8 Å². The molecule has 0 aliphatic rings. The van der Waals surface area contributed by atoms with Crippen molar-refractivity contribution in [2.24, 2.45) is 0 Å². The maximum Gasteiger partial charge on any atom is 0.416 e. The Morgan fingerprint density at radius 2 is 1.67 bits per heavy atom. The summed E-state index contributed by atoms with van der Waals surface area (Å²) in [6.45, 7) is 5.72. The van der Waals surface area contributed by atoms with Crippen molar-refractivity contribution >= 4 is 16.6 Å². The molecule has 0 aliphatic carbocycles. The molecule has 2 heterocycles. The highest BCUT2D eigenvalue weighted by Crippen LogP contribution is 2.33. The first kappa shape index (κ1) is 16.3. The molecule has 3 rings (SSSR count). The molecule has 2 aromatic heterocycles. The molecule has 3 aromatic rings. The van der Waals surface area contributed by atoms with Crippen molar-refractivity contribution in [2.75, 3.05) is 5.32 Å². The van der Waals surface area contributed by atoms with Gasteiger partial charge in [0.1, 0.15) is 0 Å². The van der Waals surface area contributed by atoms with Crippen LogP contribution in [0.25, 0.3) is 10.8 Å². The molecule has 0 saturated heterocycles. The van der Waals surface area contributed by atoms with E-state index in [-0.39, 0.29) is 12.1 Å². The summed E-state index contributed by atoms with van der Waals surface area (Å²) in [5, 5.41) is 13.1. The van der Waals surface area contributed by atoms with Gasteiger partial charge in [-0.15, -0.1) is 5.10 Å². The first-order valence-corrected chi connectivity index (χ1v) is 7.50. The number of aromatic amines is 1. The lowest BCUT2D eigenvalue weighted by molar-refractivity contribution is -0.138. The summed E-state index contributed by atoms with van der Waals surface area (Å²) >= 11 is 0. The Balaban J connectivity index is 1.97. The third kappa shape index (κ3) is 2.81. The van der Waals surface area contributed by atoms with Gasteiger partial charge in [-0.1, -0.05) is 18.2 Å². The van der Waals surface area contributed by atoms with Crippen molar-refractivity contribution in [3.8, 4) is 0 Å². The number of hydrogen-bond donors (Lipinski definition) is 2. The maximum absolute atomic E-state index is 13.1. The Hall–Kier alpha value is -2.57. The van der Waals surface area contributed by atoms with Gasteiger partial charge < -0.3 is 10.3 Å². The van der Waals surface area contributed by atoms with E-state index in [4.69, 9.17) is 0 Å². The lowest BCUT2D eigenvalue weighted by atomic mass is 10.1. The lowest BCUT2D eigenvalue weighted by Crippen LogP contribution is -2.12. The normalized spacial score (nSPS) is 11.9. The zero-order valence-electron chi connectivity index (χ0n) is 13.5. The topological polar surface area (TPSA) is 53.6 Å². The zero-order chi connectivity index (χ0) is 17.5. The molecular formula is C17H17F3N4. The van der Waals surface area contributed by atoms with Crippen LogP contribution in [0.2, 0.25) is 0 Å².